The number of hydrogen-bond acceptors (Lipinski definition) is 5. The third kappa shape index (κ3) is 4.61. The Morgan fingerprint density at radius 3 is 2.53 bits per heavy atom. The standard InChI is InChI=1S/C24H27N3O3/c1-18(28)27-14-12-26(13-15-27)16-21(29)17-30-23-7-6-19-4-2-3-5-22(19)24(23)20-8-10-25-11-9-20/h2-11,21,29H,12-17H2,1H3. The molecule has 6 heteroatoms. The molecule has 3 aromatic rings. The molecule has 1 unspecified atom stereocenters. The van der Waals surface area contributed by atoms with Crippen LogP contribution in [-0.4, -0.2) is 71.2 Å². The summed E-state index contributed by atoms with van der Waals surface area (Å²) in [7, 11) is 0. The number of aromatic nitrogens is 1. The van der Waals surface area contributed by atoms with Gasteiger partial charge in [-0.25, -0.2) is 0 Å². The van der Waals surface area contributed by atoms with Crippen LogP contribution < -0.4 is 4.74 Å². The lowest BCUT2D eigenvalue weighted by Crippen LogP contribution is -2.50. The van der Waals surface area contributed by atoms with Gasteiger partial charge in [-0.1, -0.05) is 30.3 Å². The molecule has 0 radical (unpaired) electrons. The molecule has 1 saturated heterocycles. The maximum atomic E-state index is 11.5. The summed E-state index contributed by atoms with van der Waals surface area (Å²) in [6, 6.07) is 16.2. The van der Waals surface area contributed by atoms with Crippen LogP contribution in [0.4, 0.5) is 0 Å². The first-order valence-corrected chi connectivity index (χ1v) is 10.3. The van der Waals surface area contributed by atoms with Crippen LogP contribution in [0.3, 0.4) is 0 Å². The lowest BCUT2D eigenvalue weighted by molar-refractivity contribution is -0.130. The van der Waals surface area contributed by atoms with E-state index < -0.39 is 6.10 Å². The van der Waals surface area contributed by atoms with Gasteiger partial charge in [0.25, 0.3) is 0 Å². The highest BCUT2D eigenvalue weighted by molar-refractivity contribution is 5.99. The van der Waals surface area contributed by atoms with Gasteiger partial charge < -0.3 is 14.7 Å². The Hall–Kier alpha value is -2.96. The zero-order valence-electron chi connectivity index (χ0n) is 17.2. The third-order valence-corrected chi connectivity index (χ3v) is 5.58. The van der Waals surface area contributed by atoms with E-state index in [1.807, 2.05) is 41.3 Å². The molecule has 0 bridgehead atoms. The zero-order chi connectivity index (χ0) is 20.9. The summed E-state index contributed by atoms with van der Waals surface area (Å²) in [6.07, 6.45) is 2.94. The van der Waals surface area contributed by atoms with Gasteiger partial charge in [0.2, 0.25) is 5.91 Å². The first-order chi connectivity index (χ1) is 14.6. The predicted octanol–water partition coefficient (Wildman–Crippen LogP) is 2.81. The molecule has 1 aromatic heterocycles. The molecule has 1 aliphatic rings. The van der Waals surface area contributed by atoms with Gasteiger partial charge in [-0.3, -0.25) is 14.7 Å². The molecule has 1 aliphatic heterocycles. The molecule has 156 valence electrons. The normalized spacial score (nSPS) is 15.9. The number of hydrogen-bond donors (Lipinski definition) is 1. The monoisotopic (exact) mass is 405 g/mol. The van der Waals surface area contributed by atoms with Gasteiger partial charge >= 0.3 is 0 Å². The average molecular weight is 405 g/mol. The minimum atomic E-state index is -0.606. The molecule has 6 nitrogen and oxygen atoms in total. The second-order valence-electron chi connectivity index (χ2n) is 7.67. The van der Waals surface area contributed by atoms with Crippen LogP contribution in [0.2, 0.25) is 0 Å². The number of pyridine rings is 1. The maximum absolute atomic E-state index is 11.5. The Morgan fingerprint density at radius 1 is 1.07 bits per heavy atom. The number of nitrogens with zero attached hydrogens (tertiary/aromatic N) is 3. The van der Waals surface area contributed by atoms with Crippen molar-refractivity contribution in [3.63, 3.8) is 0 Å². The van der Waals surface area contributed by atoms with Gasteiger partial charge in [0.05, 0.1) is 0 Å². The Labute approximate surface area is 176 Å². The summed E-state index contributed by atoms with van der Waals surface area (Å²) in [4.78, 5) is 19.6. The number of piperazine rings is 1. The number of rotatable bonds is 6. The number of amides is 1. The fourth-order valence-corrected chi connectivity index (χ4v) is 3.97. The number of β-amino-alcohol motifs (C(OH)–C–C–N with tert-alkyl or cyclic N) is 1. The number of carbonyl (C=O) groups is 1. The maximum Gasteiger partial charge on any atom is 0.219 e. The van der Waals surface area contributed by atoms with Crippen molar-refractivity contribution in [2.24, 2.45) is 0 Å². The first-order valence-electron chi connectivity index (χ1n) is 10.3. The van der Waals surface area contributed by atoms with Gasteiger partial charge in [0.1, 0.15) is 18.5 Å². The molecular formula is C24H27N3O3. The second kappa shape index (κ2) is 9.24. The topological polar surface area (TPSA) is 65.9 Å². The Morgan fingerprint density at radius 2 is 1.80 bits per heavy atom. The molecule has 0 saturated carbocycles. The molecule has 0 spiro atoms. The largest absolute Gasteiger partial charge is 0.490 e. The van der Waals surface area contributed by atoms with Crippen LogP contribution >= 0.6 is 0 Å². The van der Waals surface area contributed by atoms with Crippen LogP contribution in [0.25, 0.3) is 21.9 Å². The number of aliphatic hydroxyl groups is 1. The summed E-state index contributed by atoms with van der Waals surface area (Å²) in [6.45, 7) is 5.30. The lowest BCUT2D eigenvalue weighted by Gasteiger charge is -2.35. The summed E-state index contributed by atoms with van der Waals surface area (Å²) >= 11 is 0. The molecular weight excluding hydrogens is 378 g/mol. The minimum Gasteiger partial charge on any atom is -0.490 e. The number of aliphatic hydroxyl groups excluding tert-OH is 1. The van der Waals surface area contributed by atoms with Crippen molar-refractivity contribution in [1.82, 2.24) is 14.8 Å². The molecule has 1 amide bonds. The van der Waals surface area contributed by atoms with Gasteiger partial charge in [-0.15, -0.1) is 0 Å². The fourth-order valence-electron chi connectivity index (χ4n) is 3.97. The van der Waals surface area contributed by atoms with Crippen molar-refractivity contribution >= 4 is 16.7 Å². The van der Waals surface area contributed by atoms with Crippen LogP contribution in [0.5, 0.6) is 5.75 Å². The minimum absolute atomic E-state index is 0.110. The molecule has 30 heavy (non-hydrogen) atoms. The van der Waals surface area contributed by atoms with Gasteiger partial charge in [0.15, 0.2) is 0 Å². The lowest BCUT2D eigenvalue weighted by atomic mass is 9.98. The summed E-state index contributed by atoms with van der Waals surface area (Å²) in [5.74, 6) is 0.860. The van der Waals surface area contributed by atoms with Crippen LogP contribution in [0.15, 0.2) is 60.9 Å². The van der Waals surface area contributed by atoms with E-state index >= 15 is 0 Å². The van der Waals surface area contributed by atoms with Crippen LogP contribution in [0, 0.1) is 0 Å². The number of ether oxygens (including phenoxy) is 1. The predicted molar refractivity (Wildman–Crippen MR) is 117 cm³/mol. The molecule has 0 aliphatic carbocycles. The zero-order valence-corrected chi connectivity index (χ0v) is 17.2. The van der Waals surface area contributed by atoms with Crippen molar-refractivity contribution in [3.05, 3.63) is 60.9 Å². The summed E-state index contributed by atoms with van der Waals surface area (Å²) in [5.41, 5.74) is 2.05. The van der Waals surface area contributed by atoms with E-state index in [1.165, 1.54) is 0 Å². The van der Waals surface area contributed by atoms with Crippen molar-refractivity contribution in [2.45, 2.75) is 13.0 Å². The highest BCUT2D eigenvalue weighted by Gasteiger charge is 2.21. The molecule has 2 heterocycles. The molecule has 1 N–H and O–H groups in total. The van der Waals surface area contributed by atoms with E-state index in [1.54, 1.807) is 19.3 Å². The summed E-state index contributed by atoms with van der Waals surface area (Å²) < 4.78 is 6.10. The second-order valence-corrected chi connectivity index (χ2v) is 7.67. The fraction of sp³-hybridized carbons (Fsp3) is 0.333. The SMILES string of the molecule is CC(=O)N1CCN(CC(O)COc2ccc3ccccc3c2-c2ccncc2)CC1. The Bertz CT molecular complexity index is 1000. The van der Waals surface area contributed by atoms with Crippen LogP contribution in [-0.2, 0) is 4.79 Å². The molecule has 2 aromatic carbocycles. The third-order valence-electron chi connectivity index (χ3n) is 5.58. The van der Waals surface area contributed by atoms with E-state index in [-0.39, 0.29) is 12.5 Å². The summed E-state index contributed by atoms with van der Waals surface area (Å²) in [5, 5.41) is 12.8. The first kappa shape index (κ1) is 20.3. The number of carbonyl (C=O) groups excluding carboxylic acids is 1. The van der Waals surface area contributed by atoms with Crippen molar-refractivity contribution in [2.75, 3.05) is 39.3 Å². The van der Waals surface area contributed by atoms with E-state index in [0.717, 1.165) is 40.7 Å². The Balaban J connectivity index is 1.46. The van der Waals surface area contributed by atoms with Gasteiger partial charge in [-0.05, 0) is 34.5 Å². The van der Waals surface area contributed by atoms with E-state index in [4.69, 9.17) is 4.74 Å². The highest BCUT2D eigenvalue weighted by atomic mass is 16.5. The molecule has 1 atom stereocenters. The van der Waals surface area contributed by atoms with E-state index in [0.29, 0.717) is 19.6 Å². The quantitative estimate of drug-likeness (QED) is 0.683. The number of fused-ring (bicyclic) bond motifs is 1. The average Bonchev–Trinajstić information content (AvgIpc) is 2.78. The van der Waals surface area contributed by atoms with E-state index in [2.05, 4.69) is 22.0 Å². The van der Waals surface area contributed by atoms with Crippen molar-refractivity contribution in [3.8, 4) is 16.9 Å². The highest BCUT2D eigenvalue weighted by Crippen LogP contribution is 2.36. The number of benzene rings is 2. The van der Waals surface area contributed by atoms with Gasteiger partial charge in [-0.2, -0.15) is 0 Å². The molecule has 4 rings (SSSR count). The Kier molecular flexibility index (Phi) is 6.26. The van der Waals surface area contributed by atoms with Crippen LogP contribution in [0.1, 0.15) is 6.92 Å². The molecule has 1 fully saturated rings. The van der Waals surface area contributed by atoms with Crippen molar-refractivity contribution < 1.29 is 14.6 Å². The van der Waals surface area contributed by atoms with Gasteiger partial charge in [0, 0.05) is 57.6 Å². The van der Waals surface area contributed by atoms with E-state index in [9.17, 15) is 9.90 Å². The van der Waals surface area contributed by atoms with Crippen molar-refractivity contribution in [1.29, 1.82) is 0 Å². The smallest absolute Gasteiger partial charge is 0.219 e.